The summed E-state index contributed by atoms with van der Waals surface area (Å²) in [5.41, 5.74) is 0.999. The van der Waals surface area contributed by atoms with E-state index in [1.54, 1.807) is 6.33 Å². The first kappa shape index (κ1) is 13.8. The smallest absolute Gasteiger partial charge is 0.306 e. The van der Waals surface area contributed by atoms with Gasteiger partial charge >= 0.3 is 5.97 Å². The van der Waals surface area contributed by atoms with Crippen molar-refractivity contribution < 1.29 is 9.90 Å². The normalized spacial score (nSPS) is 22.7. The van der Waals surface area contributed by atoms with Gasteiger partial charge in [0, 0.05) is 18.3 Å². The van der Waals surface area contributed by atoms with Crippen molar-refractivity contribution in [2.75, 3.05) is 11.9 Å². The predicted octanol–water partition coefficient (Wildman–Crippen LogP) is 2.51. The molecule has 19 heavy (non-hydrogen) atoms. The van der Waals surface area contributed by atoms with Crippen molar-refractivity contribution >= 4 is 11.8 Å². The number of rotatable bonds is 5. The fraction of sp³-hybridized carbons (Fsp3) is 0.643. The topological polar surface area (TPSA) is 75.1 Å². The molecule has 1 aromatic heterocycles. The van der Waals surface area contributed by atoms with Gasteiger partial charge in [0.05, 0.1) is 5.92 Å². The molecule has 2 rings (SSSR count). The summed E-state index contributed by atoms with van der Waals surface area (Å²) in [4.78, 5) is 19.5. The van der Waals surface area contributed by atoms with Gasteiger partial charge in [0.15, 0.2) is 0 Å². The molecule has 0 bridgehead atoms. The van der Waals surface area contributed by atoms with Crippen molar-refractivity contribution in [1.82, 2.24) is 9.97 Å². The predicted molar refractivity (Wildman–Crippen MR) is 73.1 cm³/mol. The molecule has 2 N–H and O–H groups in total. The standard InChI is InChI=1S/C14H21N3O2/c1-9(2)12-6-13(17-8-16-12)15-7-10-4-3-5-11(10)14(18)19/h6,8-11H,3-5,7H2,1-2H3,(H,18,19)(H,15,16,17). The highest BCUT2D eigenvalue weighted by Gasteiger charge is 2.32. The Hall–Kier alpha value is -1.65. The molecule has 1 aliphatic carbocycles. The summed E-state index contributed by atoms with van der Waals surface area (Å²) in [5.74, 6) is 0.472. The van der Waals surface area contributed by atoms with Gasteiger partial charge in [0.1, 0.15) is 12.1 Å². The molecular formula is C14H21N3O2. The molecule has 1 saturated carbocycles. The van der Waals surface area contributed by atoms with Crippen LogP contribution in [0.5, 0.6) is 0 Å². The van der Waals surface area contributed by atoms with E-state index in [-0.39, 0.29) is 11.8 Å². The van der Waals surface area contributed by atoms with Crippen molar-refractivity contribution in [2.24, 2.45) is 11.8 Å². The summed E-state index contributed by atoms with van der Waals surface area (Å²) in [6, 6.07) is 1.94. The zero-order valence-corrected chi connectivity index (χ0v) is 11.5. The minimum Gasteiger partial charge on any atom is -0.481 e. The van der Waals surface area contributed by atoms with Crippen LogP contribution in [0.3, 0.4) is 0 Å². The van der Waals surface area contributed by atoms with Crippen molar-refractivity contribution in [2.45, 2.75) is 39.0 Å². The third-order valence-corrected chi connectivity index (χ3v) is 3.80. The zero-order chi connectivity index (χ0) is 13.8. The van der Waals surface area contributed by atoms with Crippen LogP contribution >= 0.6 is 0 Å². The Balaban J connectivity index is 1.95. The molecule has 104 valence electrons. The van der Waals surface area contributed by atoms with E-state index in [9.17, 15) is 4.79 Å². The second-order valence-corrected chi connectivity index (χ2v) is 5.50. The Morgan fingerprint density at radius 3 is 2.95 bits per heavy atom. The van der Waals surface area contributed by atoms with Crippen LogP contribution in [0.15, 0.2) is 12.4 Å². The summed E-state index contributed by atoms with van der Waals surface area (Å²) in [6.45, 7) is 4.85. The Morgan fingerprint density at radius 1 is 1.47 bits per heavy atom. The van der Waals surface area contributed by atoms with Crippen molar-refractivity contribution in [3.8, 4) is 0 Å². The van der Waals surface area contributed by atoms with Crippen LogP contribution < -0.4 is 5.32 Å². The van der Waals surface area contributed by atoms with E-state index >= 15 is 0 Å². The van der Waals surface area contributed by atoms with Crippen LogP contribution in [0.1, 0.15) is 44.7 Å². The Bertz CT molecular complexity index is 448. The number of carboxylic acid groups (broad SMARTS) is 1. The van der Waals surface area contributed by atoms with Gasteiger partial charge in [0.2, 0.25) is 0 Å². The van der Waals surface area contributed by atoms with E-state index in [1.165, 1.54) is 0 Å². The first-order valence-electron chi connectivity index (χ1n) is 6.86. The lowest BCUT2D eigenvalue weighted by molar-refractivity contribution is -0.142. The van der Waals surface area contributed by atoms with Gasteiger partial charge in [0.25, 0.3) is 0 Å². The largest absolute Gasteiger partial charge is 0.481 e. The Morgan fingerprint density at radius 2 is 2.26 bits per heavy atom. The molecule has 5 nitrogen and oxygen atoms in total. The van der Waals surface area contributed by atoms with E-state index in [4.69, 9.17) is 5.11 Å². The molecule has 5 heteroatoms. The number of aromatic nitrogens is 2. The van der Waals surface area contributed by atoms with E-state index in [0.29, 0.717) is 12.5 Å². The average molecular weight is 263 g/mol. The third-order valence-electron chi connectivity index (χ3n) is 3.80. The third kappa shape index (κ3) is 3.43. The van der Waals surface area contributed by atoms with Crippen LogP contribution in [-0.2, 0) is 4.79 Å². The van der Waals surface area contributed by atoms with Gasteiger partial charge in [-0.05, 0) is 24.7 Å². The first-order valence-corrected chi connectivity index (χ1v) is 6.86. The second-order valence-electron chi connectivity index (χ2n) is 5.50. The highest BCUT2D eigenvalue weighted by molar-refractivity contribution is 5.70. The van der Waals surface area contributed by atoms with E-state index < -0.39 is 5.97 Å². The fourth-order valence-electron chi connectivity index (χ4n) is 2.63. The zero-order valence-electron chi connectivity index (χ0n) is 11.5. The van der Waals surface area contributed by atoms with E-state index in [2.05, 4.69) is 29.1 Å². The first-order chi connectivity index (χ1) is 9.08. The number of nitrogens with one attached hydrogen (secondary N) is 1. The molecule has 0 aromatic carbocycles. The molecule has 1 heterocycles. The maximum absolute atomic E-state index is 11.1. The van der Waals surface area contributed by atoms with Crippen LogP contribution in [-0.4, -0.2) is 27.6 Å². The summed E-state index contributed by atoms with van der Waals surface area (Å²) in [6.07, 6.45) is 4.33. The Kier molecular flexibility index (Phi) is 4.35. The monoisotopic (exact) mass is 263 g/mol. The van der Waals surface area contributed by atoms with Crippen LogP contribution in [0.4, 0.5) is 5.82 Å². The quantitative estimate of drug-likeness (QED) is 0.853. The Labute approximate surface area is 113 Å². The van der Waals surface area contributed by atoms with Gasteiger partial charge in [-0.2, -0.15) is 0 Å². The van der Waals surface area contributed by atoms with Gasteiger partial charge in [-0.25, -0.2) is 9.97 Å². The summed E-state index contributed by atoms with van der Waals surface area (Å²) < 4.78 is 0. The highest BCUT2D eigenvalue weighted by Crippen LogP contribution is 2.32. The molecule has 1 aliphatic rings. The maximum atomic E-state index is 11.1. The number of hydrogen-bond donors (Lipinski definition) is 2. The van der Waals surface area contributed by atoms with Crippen LogP contribution in [0.2, 0.25) is 0 Å². The number of aliphatic carboxylic acids is 1. The van der Waals surface area contributed by atoms with E-state index in [1.807, 2.05) is 6.07 Å². The lowest BCUT2D eigenvalue weighted by atomic mass is 9.96. The lowest BCUT2D eigenvalue weighted by Crippen LogP contribution is -2.24. The number of hydrogen-bond acceptors (Lipinski definition) is 4. The molecule has 0 saturated heterocycles. The van der Waals surface area contributed by atoms with Crippen LogP contribution in [0.25, 0.3) is 0 Å². The van der Waals surface area contributed by atoms with Crippen molar-refractivity contribution in [3.05, 3.63) is 18.1 Å². The molecule has 0 amide bonds. The number of anilines is 1. The molecule has 0 aliphatic heterocycles. The molecule has 0 radical (unpaired) electrons. The second kappa shape index (κ2) is 5.99. The van der Waals surface area contributed by atoms with Crippen LogP contribution in [0, 0.1) is 11.8 Å². The number of carboxylic acids is 1. The number of carbonyl (C=O) groups is 1. The van der Waals surface area contributed by atoms with Gasteiger partial charge < -0.3 is 10.4 Å². The highest BCUT2D eigenvalue weighted by atomic mass is 16.4. The van der Waals surface area contributed by atoms with Gasteiger partial charge in [-0.15, -0.1) is 0 Å². The molecule has 1 aromatic rings. The van der Waals surface area contributed by atoms with Crippen molar-refractivity contribution in [1.29, 1.82) is 0 Å². The average Bonchev–Trinajstić information content (AvgIpc) is 2.85. The molecule has 2 unspecified atom stereocenters. The molecule has 2 atom stereocenters. The lowest BCUT2D eigenvalue weighted by Gasteiger charge is -2.17. The minimum absolute atomic E-state index is 0.204. The summed E-state index contributed by atoms with van der Waals surface area (Å²) in [7, 11) is 0. The maximum Gasteiger partial charge on any atom is 0.306 e. The van der Waals surface area contributed by atoms with Gasteiger partial charge in [-0.3, -0.25) is 4.79 Å². The molecular weight excluding hydrogens is 242 g/mol. The summed E-state index contributed by atoms with van der Waals surface area (Å²) in [5, 5.41) is 12.4. The number of nitrogens with zero attached hydrogens (tertiary/aromatic N) is 2. The van der Waals surface area contributed by atoms with Gasteiger partial charge in [-0.1, -0.05) is 20.3 Å². The van der Waals surface area contributed by atoms with Crippen molar-refractivity contribution in [3.63, 3.8) is 0 Å². The molecule has 1 fully saturated rings. The summed E-state index contributed by atoms with van der Waals surface area (Å²) >= 11 is 0. The minimum atomic E-state index is -0.671. The SMILES string of the molecule is CC(C)c1cc(NCC2CCCC2C(=O)O)ncn1. The molecule has 0 spiro atoms. The van der Waals surface area contributed by atoms with E-state index in [0.717, 1.165) is 30.8 Å². The fourth-order valence-corrected chi connectivity index (χ4v) is 2.63.